The second kappa shape index (κ2) is 7.77. The molecule has 0 aromatic heterocycles. The van der Waals surface area contributed by atoms with Gasteiger partial charge in [0.15, 0.2) is 11.5 Å². The van der Waals surface area contributed by atoms with Crippen molar-refractivity contribution in [3.05, 3.63) is 64.9 Å². The summed E-state index contributed by atoms with van der Waals surface area (Å²) in [7, 11) is 0. The lowest BCUT2D eigenvalue weighted by atomic mass is 10.1. The molecule has 0 radical (unpaired) electrons. The molecule has 1 heterocycles. The minimum atomic E-state index is -0.185. The number of quaternary nitrogens is 1. The van der Waals surface area contributed by atoms with Crippen LogP contribution in [0.1, 0.15) is 10.4 Å². The molecule has 0 unspecified atom stereocenters. The summed E-state index contributed by atoms with van der Waals surface area (Å²) in [5.41, 5.74) is 1.32. The van der Waals surface area contributed by atoms with E-state index in [9.17, 15) is 9.18 Å². The van der Waals surface area contributed by atoms with Crippen molar-refractivity contribution in [2.75, 3.05) is 26.2 Å². The van der Waals surface area contributed by atoms with E-state index < -0.39 is 0 Å². The van der Waals surface area contributed by atoms with Crippen molar-refractivity contribution in [1.82, 2.24) is 4.90 Å². The van der Waals surface area contributed by atoms with E-state index in [2.05, 4.69) is 0 Å². The van der Waals surface area contributed by atoms with Crippen LogP contribution in [0.2, 0.25) is 5.02 Å². The maximum absolute atomic E-state index is 13.8. The number of nitrogens with zero attached hydrogens (tertiary/aromatic N) is 1. The van der Waals surface area contributed by atoms with Gasteiger partial charge in [-0.15, -0.1) is 0 Å². The lowest BCUT2D eigenvalue weighted by molar-refractivity contribution is -0.838. The van der Waals surface area contributed by atoms with Crippen LogP contribution in [-0.4, -0.2) is 37.0 Å². The van der Waals surface area contributed by atoms with E-state index in [-0.39, 0.29) is 24.1 Å². The lowest BCUT2D eigenvalue weighted by Crippen LogP contribution is -3.10. The van der Waals surface area contributed by atoms with E-state index in [0.29, 0.717) is 42.5 Å². The van der Waals surface area contributed by atoms with Gasteiger partial charge in [-0.1, -0.05) is 23.7 Å². The van der Waals surface area contributed by atoms with Gasteiger partial charge in [-0.3, -0.25) is 9.69 Å². The zero-order chi connectivity index (χ0) is 15.5. The molecule has 3 rings (SSSR count). The Hall–Kier alpha value is -1.62. The molecule has 0 atom stereocenters. The Morgan fingerprint density at radius 3 is 2.26 bits per heavy atom. The molecule has 0 aliphatic carbocycles. The van der Waals surface area contributed by atoms with Crippen LogP contribution in [0.5, 0.6) is 0 Å². The second-order valence-electron chi connectivity index (χ2n) is 5.38. The van der Waals surface area contributed by atoms with Gasteiger partial charge in [0.2, 0.25) is 0 Å². The number of carbonyl (C=O) groups is 1. The minimum absolute atomic E-state index is 0. The standard InChI is InChI=1S/C17H16ClFN2O.ClH/c18-14-7-5-13(6-8-14)17(22)21-11-9-20(10-12-21)16-4-2-1-3-15(16)19;/h1-8H,9-12H2;1H. The Labute approximate surface area is 146 Å². The van der Waals surface area contributed by atoms with Gasteiger partial charge < -0.3 is 17.3 Å². The highest BCUT2D eigenvalue weighted by Gasteiger charge is 2.27. The van der Waals surface area contributed by atoms with Crippen molar-refractivity contribution in [3.63, 3.8) is 0 Å². The van der Waals surface area contributed by atoms with Gasteiger partial charge in [-0.25, -0.2) is 4.39 Å². The summed E-state index contributed by atoms with van der Waals surface area (Å²) in [6.45, 7) is 2.65. The van der Waals surface area contributed by atoms with Gasteiger partial charge in [0.05, 0.1) is 26.2 Å². The van der Waals surface area contributed by atoms with Gasteiger partial charge >= 0.3 is 0 Å². The quantitative estimate of drug-likeness (QED) is 0.747. The number of amides is 1. The third-order valence-corrected chi connectivity index (χ3v) is 4.25. The molecule has 23 heavy (non-hydrogen) atoms. The number of benzene rings is 2. The van der Waals surface area contributed by atoms with Gasteiger partial charge in [0.25, 0.3) is 5.91 Å². The fraction of sp³-hybridized carbons (Fsp3) is 0.235. The summed E-state index contributed by atoms with van der Waals surface area (Å²) in [5, 5.41) is 0.616. The third kappa shape index (κ3) is 4.02. The number of rotatable bonds is 2. The van der Waals surface area contributed by atoms with E-state index in [1.54, 1.807) is 36.4 Å². The molecule has 1 aliphatic heterocycles. The molecule has 0 bridgehead atoms. The van der Waals surface area contributed by atoms with Crippen molar-refractivity contribution in [2.24, 2.45) is 0 Å². The largest absolute Gasteiger partial charge is 1.00 e. The first-order valence-corrected chi connectivity index (χ1v) is 7.67. The number of halogens is 3. The zero-order valence-electron chi connectivity index (χ0n) is 12.4. The average Bonchev–Trinajstić information content (AvgIpc) is 2.56. The van der Waals surface area contributed by atoms with E-state index in [4.69, 9.17) is 11.6 Å². The molecular formula is C17H17Cl2FN2O. The SMILES string of the molecule is O=C(c1ccc(Cl)cc1)N1CC[NH+](c2ccccc2F)CC1.[Cl-]. The van der Waals surface area contributed by atoms with Gasteiger partial charge in [0.1, 0.15) is 0 Å². The van der Waals surface area contributed by atoms with Crippen LogP contribution in [0.15, 0.2) is 48.5 Å². The number of nitrogens with one attached hydrogen (secondary N) is 1. The molecule has 1 fully saturated rings. The maximum atomic E-state index is 13.8. The number of para-hydroxylation sites is 1. The summed E-state index contributed by atoms with van der Waals surface area (Å²) >= 11 is 5.84. The van der Waals surface area contributed by atoms with Crippen LogP contribution in [0.3, 0.4) is 0 Å². The Bertz CT molecular complexity index is 671. The van der Waals surface area contributed by atoms with Gasteiger partial charge in [-0.2, -0.15) is 0 Å². The second-order valence-corrected chi connectivity index (χ2v) is 5.82. The summed E-state index contributed by atoms with van der Waals surface area (Å²) in [6, 6.07) is 13.7. The molecule has 1 aliphatic rings. The monoisotopic (exact) mass is 354 g/mol. The first kappa shape index (κ1) is 17.7. The molecule has 122 valence electrons. The van der Waals surface area contributed by atoms with Crippen LogP contribution < -0.4 is 17.3 Å². The first-order chi connectivity index (χ1) is 10.6. The van der Waals surface area contributed by atoms with Crippen molar-refractivity contribution in [3.8, 4) is 0 Å². The minimum Gasteiger partial charge on any atom is -1.00 e. The number of hydrogen-bond donors (Lipinski definition) is 1. The Morgan fingerprint density at radius 2 is 1.65 bits per heavy atom. The molecule has 2 aromatic carbocycles. The average molecular weight is 355 g/mol. The highest BCUT2D eigenvalue weighted by molar-refractivity contribution is 6.30. The summed E-state index contributed by atoms with van der Waals surface area (Å²) < 4.78 is 13.8. The summed E-state index contributed by atoms with van der Waals surface area (Å²) in [5.74, 6) is -0.181. The van der Waals surface area contributed by atoms with Crippen LogP contribution in [0, 0.1) is 5.82 Å². The van der Waals surface area contributed by atoms with E-state index >= 15 is 0 Å². The molecule has 0 saturated carbocycles. The molecule has 1 N–H and O–H groups in total. The molecule has 3 nitrogen and oxygen atoms in total. The number of piperazine rings is 1. The van der Waals surface area contributed by atoms with Crippen molar-refractivity contribution < 1.29 is 26.5 Å². The predicted molar refractivity (Wildman–Crippen MR) is 84.1 cm³/mol. The molecule has 1 saturated heterocycles. The first-order valence-electron chi connectivity index (χ1n) is 7.29. The van der Waals surface area contributed by atoms with Gasteiger partial charge in [-0.05, 0) is 30.3 Å². The molecule has 2 aromatic rings. The normalized spacial score (nSPS) is 15.1. The van der Waals surface area contributed by atoms with Crippen molar-refractivity contribution in [2.45, 2.75) is 0 Å². The third-order valence-electron chi connectivity index (χ3n) is 4.00. The predicted octanol–water partition coefficient (Wildman–Crippen LogP) is -0.844. The van der Waals surface area contributed by atoms with E-state index in [0.717, 1.165) is 4.90 Å². The summed E-state index contributed by atoms with van der Waals surface area (Å²) in [4.78, 5) is 15.3. The summed E-state index contributed by atoms with van der Waals surface area (Å²) in [6.07, 6.45) is 0. The number of hydrogen-bond acceptors (Lipinski definition) is 1. The van der Waals surface area contributed by atoms with Crippen LogP contribution >= 0.6 is 11.6 Å². The molecule has 1 amide bonds. The highest BCUT2D eigenvalue weighted by atomic mass is 35.5. The smallest absolute Gasteiger partial charge is 0.254 e. The van der Waals surface area contributed by atoms with Crippen LogP contribution in [0.25, 0.3) is 0 Å². The lowest BCUT2D eigenvalue weighted by Gasteiger charge is -2.32. The Kier molecular flexibility index (Phi) is 5.99. The van der Waals surface area contributed by atoms with Crippen LogP contribution in [-0.2, 0) is 0 Å². The van der Waals surface area contributed by atoms with E-state index in [1.807, 2.05) is 11.0 Å². The highest BCUT2D eigenvalue weighted by Crippen LogP contribution is 2.12. The van der Waals surface area contributed by atoms with E-state index in [1.165, 1.54) is 6.07 Å². The Morgan fingerprint density at radius 1 is 1.04 bits per heavy atom. The number of carbonyl (C=O) groups excluding carboxylic acids is 1. The molecule has 6 heteroatoms. The topological polar surface area (TPSA) is 24.8 Å². The molecular weight excluding hydrogens is 338 g/mol. The molecule has 0 spiro atoms. The van der Waals surface area contributed by atoms with Crippen molar-refractivity contribution in [1.29, 1.82) is 0 Å². The Balaban J connectivity index is 0.00000192. The van der Waals surface area contributed by atoms with Crippen LogP contribution in [0.4, 0.5) is 10.1 Å². The zero-order valence-corrected chi connectivity index (χ0v) is 13.9. The van der Waals surface area contributed by atoms with Crippen molar-refractivity contribution >= 4 is 23.2 Å². The van der Waals surface area contributed by atoms with Gasteiger partial charge in [0, 0.05) is 16.7 Å². The fourth-order valence-electron chi connectivity index (χ4n) is 2.77. The fourth-order valence-corrected chi connectivity index (χ4v) is 2.90. The maximum Gasteiger partial charge on any atom is 0.254 e.